The van der Waals surface area contributed by atoms with Crippen LogP contribution < -0.4 is 10.9 Å². The van der Waals surface area contributed by atoms with Gasteiger partial charge in [0.05, 0.1) is 5.75 Å². The molecule has 2 heterocycles. The van der Waals surface area contributed by atoms with Crippen molar-refractivity contribution in [3.05, 3.63) is 68.8 Å². The summed E-state index contributed by atoms with van der Waals surface area (Å²) in [6.07, 6.45) is 2.31. The van der Waals surface area contributed by atoms with E-state index in [2.05, 4.69) is 20.3 Å². The highest BCUT2D eigenvalue weighted by molar-refractivity contribution is 7.99. The number of hydrogen-bond acceptors (Lipinski definition) is 6. The second-order valence-corrected chi connectivity index (χ2v) is 7.54. The number of anilines is 1. The van der Waals surface area contributed by atoms with E-state index in [1.165, 1.54) is 29.5 Å². The molecule has 0 saturated carbocycles. The van der Waals surface area contributed by atoms with Crippen LogP contribution in [0.3, 0.4) is 0 Å². The lowest BCUT2D eigenvalue weighted by Crippen LogP contribution is -2.15. The molecular formula is C17H15FN4O2S2. The minimum atomic E-state index is -0.270. The number of aromatic nitrogens is 3. The fraction of sp³-hybridized carbons (Fsp3) is 0.176. The second-order valence-electron chi connectivity index (χ2n) is 5.46. The standard InChI is InChI=1S/C17H15FN4O2S2/c1-10-6-14(23)21-17(20-10)25-9-15(24)22-16-19-8-13(26-16)7-11-2-4-12(18)5-3-11/h2-6,8H,7,9H2,1H3,(H,19,22,24)(H,20,21,23). The van der Waals surface area contributed by atoms with Crippen molar-refractivity contribution in [2.45, 2.75) is 18.5 Å². The van der Waals surface area contributed by atoms with Gasteiger partial charge in [-0.05, 0) is 24.6 Å². The number of nitrogens with zero attached hydrogens (tertiary/aromatic N) is 2. The van der Waals surface area contributed by atoms with Crippen molar-refractivity contribution in [2.75, 3.05) is 11.1 Å². The lowest BCUT2D eigenvalue weighted by Gasteiger charge is -2.02. The SMILES string of the molecule is Cc1cc(=O)[nH]c(SCC(=O)Nc2ncc(Cc3ccc(F)cc3)s2)n1. The summed E-state index contributed by atoms with van der Waals surface area (Å²) in [6, 6.07) is 7.67. The molecule has 0 fully saturated rings. The third kappa shape index (κ3) is 5.24. The van der Waals surface area contributed by atoms with E-state index in [1.54, 1.807) is 25.3 Å². The molecule has 0 radical (unpaired) electrons. The first-order valence-corrected chi connectivity index (χ1v) is 9.48. The van der Waals surface area contributed by atoms with Crippen LogP contribution in [-0.4, -0.2) is 26.6 Å². The molecule has 0 spiro atoms. The zero-order valence-electron chi connectivity index (χ0n) is 13.8. The smallest absolute Gasteiger partial charge is 0.251 e. The van der Waals surface area contributed by atoms with Gasteiger partial charge in [-0.1, -0.05) is 23.9 Å². The van der Waals surface area contributed by atoms with Crippen LogP contribution >= 0.6 is 23.1 Å². The molecule has 0 atom stereocenters. The number of nitrogens with one attached hydrogen (secondary N) is 2. The van der Waals surface area contributed by atoms with Crippen LogP contribution in [0.2, 0.25) is 0 Å². The van der Waals surface area contributed by atoms with E-state index >= 15 is 0 Å². The Morgan fingerprint density at radius 2 is 2.12 bits per heavy atom. The van der Waals surface area contributed by atoms with Crippen LogP contribution in [0.5, 0.6) is 0 Å². The van der Waals surface area contributed by atoms with Gasteiger partial charge in [-0.15, -0.1) is 11.3 Å². The highest BCUT2D eigenvalue weighted by Gasteiger charge is 2.09. The van der Waals surface area contributed by atoms with Gasteiger partial charge in [-0.2, -0.15) is 0 Å². The number of thiazole rings is 1. The monoisotopic (exact) mass is 390 g/mol. The third-order valence-corrected chi connectivity index (χ3v) is 5.07. The van der Waals surface area contributed by atoms with E-state index in [-0.39, 0.29) is 23.0 Å². The van der Waals surface area contributed by atoms with Crippen LogP contribution in [0.1, 0.15) is 16.1 Å². The molecule has 0 bridgehead atoms. The van der Waals surface area contributed by atoms with Crippen molar-refractivity contribution in [2.24, 2.45) is 0 Å². The average Bonchev–Trinajstić information content (AvgIpc) is 3.01. The molecule has 134 valence electrons. The Morgan fingerprint density at radius 1 is 1.35 bits per heavy atom. The minimum absolute atomic E-state index is 0.110. The Morgan fingerprint density at radius 3 is 2.85 bits per heavy atom. The summed E-state index contributed by atoms with van der Waals surface area (Å²) in [4.78, 5) is 35.3. The highest BCUT2D eigenvalue weighted by Crippen LogP contribution is 2.22. The van der Waals surface area contributed by atoms with E-state index < -0.39 is 0 Å². The maximum absolute atomic E-state index is 12.9. The first kappa shape index (κ1) is 18.3. The van der Waals surface area contributed by atoms with Crippen molar-refractivity contribution < 1.29 is 9.18 Å². The van der Waals surface area contributed by atoms with Crippen LogP contribution in [0.25, 0.3) is 0 Å². The molecule has 26 heavy (non-hydrogen) atoms. The normalized spacial score (nSPS) is 10.7. The zero-order chi connectivity index (χ0) is 18.5. The number of carbonyl (C=O) groups is 1. The number of aryl methyl sites for hydroxylation is 1. The molecular weight excluding hydrogens is 375 g/mol. The van der Waals surface area contributed by atoms with Gasteiger partial charge in [0.1, 0.15) is 5.82 Å². The van der Waals surface area contributed by atoms with E-state index in [0.29, 0.717) is 22.4 Å². The summed E-state index contributed by atoms with van der Waals surface area (Å²) < 4.78 is 12.9. The van der Waals surface area contributed by atoms with E-state index in [1.807, 2.05) is 0 Å². The fourth-order valence-corrected chi connectivity index (χ4v) is 3.74. The molecule has 2 N–H and O–H groups in total. The molecule has 9 heteroatoms. The zero-order valence-corrected chi connectivity index (χ0v) is 15.4. The molecule has 2 aromatic heterocycles. The van der Waals surface area contributed by atoms with Gasteiger partial charge < -0.3 is 10.3 Å². The van der Waals surface area contributed by atoms with E-state index in [4.69, 9.17) is 0 Å². The quantitative estimate of drug-likeness (QED) is 0.499. The summed E-state index contributed by atoms with van der Waals surface area (Å²) in [7, 11) is 0. The van der Waals surface area contributed by atoms with Crippen LogP contribution in [0.4, 0.5) is 9.52 Å². The minimum Gasteiger partial charge on any atom is -0.301 e. The highest BCUT2D eigenvalue weighted by atomic mass is 32.2. The van der Waals surface area contributed by atoms with Gasteiger partial charge in [0.25, 0.3) is 5.56 Å². The molecule has 1 amide bonds. The number of carbonyl (C=O) groups excluding carboxylic acids is 1. The maximum Gasteiger partial charge on any atom is 0.251 e. The molecule has 0 aliphatic heterocycles. The fourth-order valence-electron chi connectivity index (χ4n) is 2.16. The number of aromatic amines is 1. The molecule has 3 rings (SSSR count). The Hall–Kier alpha value is -2.52. The third-order valence-electron chi connectivity index (χ3n) is 3.28. The van der Waals surface area contributed by atoms with Crippen LogP contribution in [0, 0.1) is 12.7 Å². The van der Waals surface area contributed by atoms with Gasteiger partial charge in [-0.3, -0.25) is 9.59 Å². The number of halogens is 1. The Kier molecular flexibility index (Phi) is 5.79. The van der Waals surface area contributed by atoms with Crippen molar-refractivity contribution in [3.63, 3.8) is 0 Å². The van der Waals surface area contributed by atoms with Crippen molar-refractivity contribution in [3.8, 4) is 0 Å². The summed E-state index contributed by atoms with van der Waals surface area (Å²) in [5, 5.41) is 3.63. The molecule has 0 unspecified atom stereocenters. The Labute approximate surface area is 156 Å². The Bertz CT molecular complexity index is 969. The summed E-state index contributed by atoms with van der Waals surface area (Å²) in [5.74, 6) is -0.394. The van der Waals surface area contributed by atoms with Gasteiger partial charge in [0.2, 0.25) is 5.91 Å². The molecule has 6 nitrogen and oxygen atoms in total. The van der Waals surface area contributed by atoms with Gasteiger partial charge in [0.15, 0.2) is 10.3 Å². The lowest BCUT2D eigenvalue weighted by atomic mass is 10.1. The van der Waals surface area contributed by atoms with E-state index in [0.717, 1.165) is 22.2 Å². The number of H-pyrrole nitrogens is 1. The first-order valence-electron chi connectivity index (χ1n) is 7.68. The molecule has 0 saturated heterocycles. The Balaban J connectivity index is 1.54. The second kappa shape index (κ2) is 8.24. The van der Waals surface area contributed by atoms with Crippen LogP contribution in [0.15, 0.2) is 46.5 Å². The molecule has 0 aliphatic rings. The number of amides is 1. The van der Waals surface area contributed by atoms with E-state index in [9.17, 15) is 14.0 Å². The van der Waals surface area contributed by atoms with Gasteiger partial charge >= 0.3 is 0 Å². The largest absolute Gasteiger partial charge is 0.301 e. The lowest BCUT2D eigenvalue weighted by molar-refractivity contribution is -0.113. The summed E-state index contributed by atoms with van der Waals surface area (Å²) in [6.45, 7) is 1.72. The number of hydrogen-bond donors (Lipinski definition) is 2. The van der Waals surface area contributed by atoms with Crippen LogP contribution in [-0.2, 0) is 11.2 Å². The van der Waals surface area contributed by atoms with Crippen molar-refractivity contribution in [1.82, 2.24) is 15.0 Å². The van der Waals surface area contributed by atoms with Gasteiger partial charge in [-0.25, -0.2) is 14.4 Å². The van der Waals surface area contributed by atoms with Crippen molar-refractivity contribution >= 4 is 34.1 Å². The molecule has 1 aromatic carbocycles. The molecule has 0 aliphatic carbocycles. The average molecular weight is 390 g/mol. The number of thioether (sulfide) groups is 1. The first-order chi connectivity index (χ1) is 12.5. The summed E-state index contributed by atoms with van der Waals surface area (Å²) in [5.41, 5.74) is 1.32. The van der Waals surface area contributed by atoms with Crippen molar-refractivity contribution in [1.29, 1.82) is 0 Å². The molecule has 3 aromatic rings. The van der Waals surface area contributed by atoms with Gasteiger partial charge in [0, 0.05) is 29.3 Å². The number of rotatable bonds is 6. The topological polar surface area (TPSA) is 87.7 Å². The maximum atomic E-state index is 12.9. The predicted octanol–water partition coefficient (Wildman–Crippen LogP) is 3.00. The summed E-state index contributed by atoms with van der Waals surface area (Å²) >= 11 is 2.52. The number of benzene rings is 1. The predicted molar refractivity (Wildman–Crippen MR) is 100 cm³/mol.